The minimum Gasteiger partial charge on any atom is -0.282 e. The third kappa shape index (κ3) is 4.02. The van der Waals surface area contributed by atoms with Gasteiger partial charge in [-0.25, -0.2) is 0 Å². The summed E-state index contributed by atoms with van der Waals surface area (Å²) in [5.74, 6) is 0. The Morgan fingerprint density at radius 2 is 1.48 bits per heavy atom. The molecule has 0 spiro atoms. The summed E-state index contributed by atoms with van der Waals surface area (Å²) in [6, 6.07) is 13.0. The molecule has 0 bridgehead atoms. The van der Waals surface area contributed by atoms with Crippen molar-refractivity contribution in [3.63, 3.8) is 0 Å². The molecule has 0 heterocycles. The average Bonchev–Trinajstić information content (AvgIpc) is 2.58. The van der Waals surface area contributed by atoms with Crippen LogP contribution in [0, 0.1) is 0 Å². The van der Waals surface area contributed by atoms with Crippen LogP contribution in [-0.2, 0) is 20.9 Å². The van der Waals surface area contributed by atoms with Gasteiger partial charge in [0.1, 0.15) is 0 Å². The van der Waals surface area contributed by atoms with Crippen LogP contribution in [0.3, 0.4) is 0 Å². The van der Waals surface area contributed by atoms with Gasteiger partial charge in [0.15, 0.2) is 0 Å². The smallest absolute Gasteiger partial charge is 0.282 e. The van der Waals surface area contributed by atoms with Crippen molar-refractivity contribution in [2.45, 2.75) is 63.2 Å². The highest BCUT2D eigenvalue weighted by Gasteiger charge is 2.36. The number of rotatable bonds is 3. The lowest BCUT2D eigenvalue weighted by atomic mass is 9.63. The van der Waals surface area contributed by atoms with Crippen LogP contribution >= 0.6 is 0 Å². The first-order valence-electron chi connectivity index (χ1n) is 9.31. The van der Waals surface area contributed by atoms with E-state index in [2.05, 4.69) is 52.8 Å². The monoisotopic (exact) mass is 384 g/mol. The van der Waals surface area contributed by atoms with Gasteiger partial charge in [0.2, 0.25) is 0 Å². The molecule has 1 aliphatic carbocycles. The predicted octanol–water partition coefficient (Wildman–Crippen LogP) is 5.84. The molecular weight excluding hydrogens is 356 g/mol. The normalized spacial score (nSPS) is 18.8. The van der Waals surface area contributed by atoms with Crippen LogP contribution in [0.4, 0.5) is 0 Å². The second-order valence-electron chi connectivity index (χ2n) is 8.90. The van der Waals surface area contributed by atoms with Gasteiger partial charge in [-0.05, 0) is 70.6 Å². The summed E-state index contributed by atoms with van der Waals surface area (Å²) in [4.78, 5) is -0.0879. The minimum atomic E-state index is -4.16. The Hall–Kier alpha value is -1.91. The van der Waals surface area contributed by atoms with Crippen molar-refractivity contribution in [1.82, 2.24) is 0 Å². The van der Waals surface area contributed by atoms with Crippen LogP contribution in [0.5, 0.6) is 0 Å². The lowest BCUT2D eigenvalue weighted by Gasteiger charge is -2.42. The molecule has 0 fully saturated rings. The van der Waals surface area contributed by atoms with Crippen molar-refractivity contribution in [3.8, 4) is 0 Å². The van der Waals surface area contributed by atoms with Crippen molar-refractivity contribution in [3.05, 3.63) is 64.7 Å². The lowest BCUT2D eigenvalue weighted by molar-refractivity contribution is 0.332. The van der Waals surface area contributed by atoms with E-state index < -0.39 is 10.1 Å². The standard InChI is InChI=1S/C23H28O3S/c1-16(14-17-6-9-19(10-7-17)27(24,25)26)18-8-11-20-21(15-18)23(4,5)13-12-22(20,2)3/h6-11,14-15H,12-13H2,1-5H3,(H,24,25,26). The number of fused-ring (bicyclic) bond motifs is 1. The largest absolute Gasteiger partial charge is 0.294 e. The zero-order chi connectivity index (χ0) is 20.0. The molecule has 4 heteroatoms. The molecule has 0 unspecified atom stereocenters. The van der Waals surface area contributed by atoms with Gasteiger partial charge in [0, 0.05) is 0 Å². The first kappa shape index (κ1) is 19.8. The number of hydrogen-bond donors (Lipinski definition) is 1. The van der Waals surface area contributed by atoms with E-state index in [0.29, 0.717) is 0 Å². The Balaban J connectivity index is 1.98. The molecule has 1 N–H and O–H groups in total. The van der Waals surface area contributed by atoms with Crippen molar-refractivity contribution in [2.75, 3.05) is 0 Å². The van der Waals surface area contributed by atoms with Crippen LogP contribution in [0.1, 0.15) is 69.7 Å². The summed E-state index contributed by atoms with van der Waals surface area (Å²) in [7, 11) is -4.16. The molecule has 0 saturated heterocycles. The molecule has 0 radical (unpaired) electrons. The molecule has 0 atom stereocenters. The molecule has 2 aromatic carbocycles. The molecule has 1 aliphatic rings. The highest BCUT2D eigenvalue weighted by atomic mass is 32.2. The maximum absolute atomic E-state index is 11.2. The van der Waals surface area contributed by atoms with Crippen LogP contribution in [-0.4, -0.2) is 13.0 Å². The Morgan fingerprint density at radius 1 is 0.926 bits per heavy atom. The van der Waals surface area contributed by atoms with Crippen molar-refractivity contribution < 1.29 is 13.0 Å². The summed E-state index contributed by atoms with van der Waals surface area (Å²) in [5.41, 5.74) is 6.43. The average molecular weight is 385 g/mol. The Kier molecular flexibility index (Phi) is 4.86. The van der Waals surface area contributed by atoms with E-state index in [1.807, 2.05) is 6.08 Å². The van der Waals surface area contributed by atoms with Crippen LogP contribution in [0.25, 0.3) is 11.6 Å². The van der Waals surface area contributed by atoms with Gasteiger partial charge in [0.25, 0.3) is 10.1 Å². The third-order valence-corrected chi connectivity index (χ3v) is 6.74. The summed E-state index contributed by atoms with van der Waals surface area (Å²) in [6.45, 7) is 11.3. The maximum Gasteiger partial charge on any atom is 0.294 e. The Bertz CT molecular complexity index is 994. The maximum atomic E-state index is 11.2. The molecule has 3 nitrogen and oxygen atoms in total. The third-order valence-electron chi connectivity index (χ3n) is 5.87. The fraction of sp³-hybridized carbons (Fsp3) is 0.391. The molecule has 144 valence electrons. The van der Waals surface area contributed by atoms with Crippen LogP contribution < -0.4 is 0 Å². The van der Waals surface area contributed by atoms with E-state index in [1.165, 1.54) is 41.7 Å². The second kappa shape index (κ2) is 6.61. The second-order valence-corrected chi connectivity index (χ2v) is 10.3. The van der Waals surface area contributed by atoms with Gasteiger partial charge in [-0.3, -0.25) is 4.55 Å². The van der Waals surface area contributed by atoms with Crippen molar-refractivity contribution in [1.29, 1.82) is 0 Å². The first-order valence-corrected chi connectivity index (χ1v) is 10.8. The van der Waals surface area contributed by atoms with Gasteiger partial charge in [-0.1, -0.05) is 64.1 Å². The summed E-state index contributed by atoms with van der Waals surface area (Å²) < 4.78 is 31.5. The number of hydrogen-bond acceptors (Lipinski definition) is 2. The first-order chi connectivity index (χ1) is 12.4. The summed E-state index contributed by atoms with van der Waals surface area (Å²) in [6.07, 6.45) is 4.41. The number of allylic oxidation sites excluding steroid dienone is 1. The molecule has 3 rings (SSSR count). The van der Waals surface area contributed by atoms with Gasteiger partial charge in [-0.15, -0.1) is 0 Å². The molecular formula is C23H28O3S. The quantitative estimate of drug-likeness (QED) is 0.534. The molecule has 2 aromatic rings. The fourth-order valence-corrected chi connectivity index (χ4v) is 4.38. The highest BCUT2D eigenvalue weighted by molar-refractivity contribution is 7.85. The lowest BCUT2D eigenvalue weighted by Crippen LogP contribution is -2.33. The predicted molar refractivity (Wildman–Crippen MR) is 112 cm³/mol. The van der Waals surface area contributed by atoms with E-state index >= 15 is 0 Å². The van der Waals surface area contributed by atoms with E-state index in [-0.39, 0.29) is 15.7 Å². The van der Waals surface area contributed by atoms with E-state index in [4.69, 9.17) is 4.55 Å². The van der Waals surface area contributed by atoms with Gasteiger partial charge in [0.05, 0.1) is 4.90 Å². The fourth-order valence-electron chi connectivity index (χ4n) is 3.90. The molecule has 0 amide bonds. The SMILES string of the molecule is CC(=Cc1ccc(S(=O)(=O)O)cc1)c1ccc2c(c1)C(C)(C)CCC2(C)C. The van der Waals surface area contributed by atoms with Gasteiger partial charge < -0.3 is 0 Å². The zero-order valence-electron chi connectivity index (χ0n) is 16.7. The Morgan fingerprint density at radius 3 is 2.04 bits per heavy atom. The molecule has 27 heavy (non-hydrogen) atoms. The molecule has 0 aromatic heterocycles. The van der Waals surface area contributed by atoms with Crippen LogP contribution in [0.2, 0.25) is 0 Å². The molecule has 0 saturated carbocycles. The minimum absolute atomic E-state index is 0.0879. The highest BCUT2D eigenvalue weighted by Crippen LogP contribution is 2.46. The van der Waals surface area contributed by atoms with Gasteiger partial charge in [-0.2, -0.15) is 8.42 Å². The topological polar surface area (TPSA) is 54.4 Å². The van der Waals surface area contributed by atoms with Crippen molar-refractivity contribution >= 4 is 21.8 Å². The number of benzene rings is 2. The zero-order valence-corrected chi connectivity index (χ0v) is 17.5. The summed E-state index contributed by atoms with van der Waals surface area (Å²) >= 11 is 0. The van der Waals surface area contributed by atoms with E-state index in [9.17, 15) is 8.42 Å². The van der Waals surface area contributed by atoms with Crippen molar-refractivity contribution in [2.24, 2.45) is 0 Å². The van der Waals surface area contributed by atoms with E-state index in [1.54, 1.807) is 12.1 Å². The van der Waals surface area contributed by atoms with Gasteiger partial charge >= 0.3 is 0 Å². The van der Waals surface area contributed by atoms with Crippen LogP contribution in [0.15, 0.2) is 47.4 Å². The Labute approximate surface area is 162 Å². The molecule has 0 aliphatic heterocycles. The van der Waals surface area contributed by atoms with E-state index in [0.717, 1.165) is 11.1 Å². The summed E-state index contributed by atoms with van der Waals surface area (Å²) in [5, 5.41) is 0.